The van der Waals surface area contributed by atoms with Crippen molar-refractivity contribution >= 4 is 5.91 Å². The van der Waals surface area contributed by atoms with Gasteiger partial charge in [-0.05, 0) is 25.8 Å². The highest BCUT2D eigenvalue weighted by Crippen LogP contribution is 2.27. The quantitative estimate of drug-likeness (QED) is 0.856. The van der Waals surface area contributed by atoms with Crippen molar-refractivity contribution in [2.75, 3.05) is 32.8 Å². The molecule has 0 aromatic carbocycles. The van der Waals surface area contributed by atoms with E-state index in [1.807, 2.05) is 0 Å². The average molecular weight is 294 g/mol. The summed E-state index contributed by atoms with van der Waals surface area (Å²) in [6, 6.07) is 0.717. The molecule has 2 aliphatic heterocycles. The van der Waals surface area contributed by atoms with Gasteiger partial charge in [-0.1, -0.05) is 19.3 Å². The molecule has 0 spiro atoms. The van der Waals surface area contributed by atoms with Gasteiger partial charge in [0, 0.05) is 12.6 Å². The summed E-state index contributed by atoms with van der Waals surface area (Å²) < 4.78 is 10.6. The predicted molar refractivity (Wildman–Crippen MR) is 79.5 cm³/mol. The normalized spacial score (nSPS) is 27.6. The molecule has 1 saturated carbocycles. The number of likely N-dealkylation sites (tertiary alicyclic amines) is 1. The fraction of sp³-hybridized carbons (Fsp3) is 0.812. The zero-order chi connectivity index (χ0) is 14.5. The number of rotatable bonds is 4. The lowest BCUT2D eigenvalue weighted by Crippen LogP contribution is -2.38. The molecular weight excluding hydrogens is 268 g/mol. The van der Waals surface area contributed by atoms with Crippen LogP contribution in [0.1, 0.15) is 38.5 Å². The number of carbonyl (C=O) groups is 1. The van der Waals surface area contributed by atoms with Crippen molar-refractivity contribution < 1.29 is 14.3 Å². The molecule has 0 aromatic heterocycles. The van der Waals surface area contributed by atoms with Crippen LogP contribution in [0.25, 0.3) is 0 Å². The second-order valence-electron chi connectivity index (χ2n) is 6.29. The predicted octanol–water partition coefficient (Wildman–Crippen LogP) is 1.65. The van der Waals surface area contributed by atoms with Gasteiger partial charge in [-0.15, -0.1) is 0 Å². The first-order valence-electron chi connectivity index (χ1n) is 8.28. The van der Waals surface area contributed by atoms with E-state index in [1.165, 1.54) is 32.1 Å². The van der Waals surface area contributed by atoms with Crippen molar-refractivity contribution in [3.63, 3.8) is 0 Å². The van der Waals surface area contributed by atoms with E-state index < -0.39 is 0 Å². The van der Waals surface area contributed by atoms with Crippen LogP contribution in [0.2, 0.25) is 0 Å². The number of hydrogen-bond donors (Lipinski definition) is 1. The van der Waals surface area contributed by atoms with Crippen LogP contribution in [0, 0.1) is 5.92 Å². The lowest BCUT2D eigenvalue weighted by atomic mass is 9.94. The Labute approximate surface area is 126 Å². The Kier molecular flexibility index (Phi) is 5.01. The highest BCUT2D eigenvalue weighted by atomic mass is 16.6. The molecule has 0 bridgehead atoms. The topological polar surface area (TPSA) is 50.8 Å². The molecule has 0 unspecified atom stereocenters. The third-order valence-electron chi connectivity index (χ3n) is 4.82. The first-order chi connectivity index (χ1) is 10.3. The van der Waals surface area contributed by atoms with E-state index in [1.54, 1.807) is 6.26 Å². The van der Waals surface area contributed by atoms with E-state index in [-0.39, 0.29) is 11.8 Å². The molecular formula is C16H26N2O3. The van der Waals surface area contributed by atoms with Crippen molar-refractivity contribution in [3.8, 4) is 0 Å². The fourth-order valence-corrected chi connectivity index (χ4v) is 3.60. The van der Waals surface area contributed by atoms with Gasteiger partial charge in [-0.2, -0.15) is 0 Å². The van der Waals surface area contributed by atoms with Gasteiger partial charge in [0.2, 0.25) is 5.91 Å². The van der Waals surface area contributed by atoms with E-state index in [2.05, 4.69) is 10.2 Å². The van der Waals surface area contributed by atoms with Crippen LogP contribution in [0.3, 0.4) is 0 Å². The van der Waals surface area contributed by atoms with Gasteiger partial charge in [-0.3, -0.25) is 9.69 Å². The Hall–Kier alpha value is -1.23. The number of nitrogens with zero attached hydrogens (tertiary/aromatic N) is 1. The Morgan fingerprint density at radius 3 is 2.86 bits per heavy atom. The van der Waals surface area contributed by atoms with E-state index in [9.17, 15) is 4.79 Å². The van der Waals surface area contributed by atoms with Crippen LogP contribution in [0.4, 0.5) is 0 Å². The van der Waals surface area contributed by atoms with E-state index in [0.717, 1.165) is 25.3 Å². The van der Waals surface area contributed by atoms with Crippen molar-refractivity contribution in [1.82, 2.24) is 10.2 Å². The summed E-state index contributed by atoms with van der Waals surface area (Å²) >= 11 is 0. The molecule has 5 heteroatoms. The van der Waals surface area contributed by atoms with Gasteiger partial charge >= 0.3 is 0 Å². The Morgan fingerprint density at radius 1 is 1.24 bits per heavy atom. The summed E-state index contributed by atoms with van der Waals surface area (Å²) in [7, 11) is 0. The number of ether oxygens (including phenoxy) is 2. The molecule has 2 heterocycles. The maximum absolute atomic E-state index is 12.3. The van der Waals surface area contributed by atoms with Gasteiger partial charge < -0.3 is 14.8 Å². The second-order valence-corrected chi connectivity index (χ2v) is 6.29. The molecule has 1 aliphatic carbocycles. The monoisotopic (exact) mass is 294 g/mol. The molecule has 0 radical (unpaired) electrons. The minimum absolute atomic E-state index is 0.136. The van der Waals surface area contributed by atoms with Crippen molar-refractivity contribution in [2.24, 2.45) is 5.92 Å². The van der Waals surface area contributed by atoms with Crippen molar-refractivity contribution in [1.29, 1.82) is 0 Å². The minimum atomic E-state index is 0.136. The largest absolute Gasteiger partial charge is 0.494 e. The fourth-order valence-electron chi connectivity index (χ4n) is 3.60. The molecule has 0 aromatic rings. The molecule has 1 atom stereocenters. The van der Waals surface area contributed by atoms with Gasteiger partial charge in [0.15, 0.2) is 0 Å². The van der Waals surface area contributed by atoms with Crippen LogP contribution in [-0.2, 0) is 14.3 Å². The summed E-state index contributed by atoms with van der Waals surface area (Å²) in [5.74, 6) is 1.01. The molecule has 5 nitrogen and oxygen atoms in total. The SMILES string of the molecule is O=C(NCC1=COCCO1)[C@@H]1CCN(C2CCCCC2)C1. The van der Waals surface area contributed by atoms with Gasteiger partial charge in [0.05, 0.1) is 12.5 Å². The first-order valence-corrected chi connectivity index (χ1v) is 8.28. The van der Waals surface area contributed by atoms with E-state index in [0.29, 0.717) is 25.8 Å². The third-order valence-corrected chi connectivity index (χ3v) is 4.82. The molecule has 1 amide bonds. The van der Waals surface area contributed by atoms with Crippen molar-refractivity contribution in [2.45, 2.75) is 44.6 Å². The third kappa shape index (κ3) is 3.90. The first kappa shape index (κ1) is 14.7. The summed E-state index contributed by atoms with van der Waals surface area (Å²) in [6.45, 7) is 3.60. The van der Waals surface area contributed by atoms with Gasteiger partial charge in [-0.25, -0.2) is 0 Å². The summed E-state index contributed by atoms with van der Waals surface area (Å²) in [4.78, 5) is 14.8. The van der Waals surface area contributed by atoms with Gasteiger partial charge in [0.1, 0.15) is 25.2 Å². The van der Waals surface area contributed by atoms with Crippen LogP contribution < -0.4 is 5.32 Å². The molecule has 3 aliphatic rings. The zero-order valence-electron chi connectivity index (χ0n) is 12.7. The van der Waals surface area contributed by atoms with Crippen LogP contribution in [0.5, 0.6) is 0 Å². The second kappa shape index (κ2) is 7.16. The maximum atomic E-state index is 12.3. The highest BCUT2D eigenvalue weighted by molar-refractivity contribution is 5.79. The molecule has 2 fully saturated rings. The molecule has 3 rings (SSSR count). The Bertz CT molecular complexity index is 391. The van der Waals surface area contributed by atoms with Crippen LogP contribution in [0.15, 0.2) is 12.0 Å². The number of amides is 1. The van der Waals surface area contributed by atoms with Crippen LogP contribution in [-0.4, -0.2) is 49.7 Å². The average Bonchev–Trinajstić information content (AvgIpc) is 3.04. The minimum Gasteiger partial charge on any atom is -0.494 e. The van der Waals surface area contributed by atoms with Crippen molar-refractivity contribution in [3.05, 3.63) is 12.0 Å². The lowest BCUT2D eigenvalue weighted by molar-refractivity contribution is -0.124. The summed E-state index contributed by atoms with van der Waals surface area (Å²) in [6.07, 6.45) is 9.29. The molecule has 118 valence electrons. The summed E-state index contributed by atoms with van der Waals surface area (Å²) in [5.41, 5.74) is 0. The van der Waals surface area contributed by atoms with Crippen LogP contribution >= 0.6 is 0 Å². The number of hydrogen-bond acceptors (Lipinski definition) is 4. The molecule has 1 N–H and O–H groups in total. The standard InChI is InChI=1S/C16H26N2O3/c19-16(17-10-15-12-20-8-9-21-15)13-6-7-18(11-13)14-4-2-1-3-5-14/h12-14H,1-11H2,(H,17,19)/t13-/m1/s1. The molecule has 1 saturated heterocycles. The van der Waals surface area contributed by atoms with E-state index in [4.69, 9.17) is 9.47 Å². The zero-order valence-corrected chi connectivity index (χ0v) is 12.7. The number of nitrogens with one attached hydrogen (secondary N) is 1. The van der Waals surface area contributed by atoms with E-state index >= 15 is 0 Å². The number of carbonyl (C=O) groups excluding carboxylic acids is 1. The Morgan fingerprint density at radius 2 is 2.10 bits per heavy atom. The highest BCUT2D eigenvalue weighted by Gasteiger charge is 2.32. The summed E-state index contributed by atoms with van der Waals surface area (Å²) in [5, 5.41) is 2.98. The molecule has 21 heavy (non-hydrogen) atoms. The smallest absolute Gasteiger partial charge is 0.224 e. The maximum Gasteiger partial charge on any atom is 0.224 e. The lowest BCUT2D eigenvalue weighted by Gasteiger charge is -2.30. The van der Waals surface area contributed by atoms with Gasteiger partial charge in [0.25, 0.3) is 0 Å². The Balaban J connectivity index is 1.42.